The lowest BCUT2D eigenvalue weighted by Gasteiger charge is -2.25. The molecule has 0 saturated heterocycles. The number of nitrogens with zero attached hydrogens (tertiary/aromatic N) is 1. The van der Waals surface area contributed by atoms with E-state index in [1.807, 2.05) is 0 Å². The van der Waals surface area contributed by atoms with Gasteiger partial charge in [0.1, 0.15) is 0 Å². The van der Waals surface area contributed by atoms with E-state index in [-0.39, 0.29) is 11.3 Å². The summed E-state index contributed by atoms with van der Waals surface area (Å²) in [5.74, 6) is -6.43. The lowest BCUT2D eigenvalue weighted by Crippen LogP contribution is -2.48. The third kappa shape index (κ3) is 2.03. The highest BCUT2D eigenvalue weighted by atomic mass is 19.2. The molecule has 1 aliphatic rings. The number of Topliss-reactive ketones (excluding diaryl/α,β-unsaturated/α-hetero) is 1. The molecule has 0 radical (unpaired) electrons. The fourth-order valence-electron chi connectivity index (χ4n) is 1.82. The molecule has 0 aromatic heterocycles. The second-order valence-corrected chi connectivity index (χ2v) is 4.58. The lowest BCUT2D eigenvalue weighted by molar-refractivity contribution is -0.155. The molecular weight excluding hydrogens is 276 g/mol. The highest BCUT2D eigenvalue weighted by Crippen LogP contribution is 2.32. The zero-order valence-corrected chi connectivity index (χ0v) is 10.2. The van der Waals surface area contributed by atoms with Crippen molar-refractivity contribution in [2.45, 2.75) is 12.5 Å². The number of ketones is 1. The maximum atomic E-state index is 13.2. The Morgan fingerprint density at radius 3 is 2.40 bits per heavy atom. The zero-order chi connectivity index (χ0) is 15.2. The van der Waals surface area contributed by atoms with Gasteiger partial charge in [-0.25, -0.2) is 13.6 Å². The number of carbonyl (C=O) groups is 3. The number of fused-ring (bicyclic) bond motifs is 1. The molecule has 1 atom stereocenters. The average Bonchev–Trinajstić information content (AvgIpc) is 2.55. The fourth-order valence-corrected chi connectivity index (χ4v) is 1.82. The summed E-state index contributed by atoms with van der Waals surface area (Å²) < 4.78 is 26.3. The molecule has 1 aromatic carbocycles. The minimum Gasteiger partial charge on any atom is -0.479 e. The standard InChI is InChI=1S/C12H9F2NO5/c1-12(20,11(18)19)4-15-8-3-7(14)6(13)2-5(8)9(16)10(15)17/h2-3,20H,4H2,1H3,(H,18,19). The van der Waals surface area contributed by atoms with Crippen LogP contribution in [0.25, 0.3) is 0 Å². The summed E-state index contributed by atoms with van der Waals surface area (Å²) in [5, 5.41) is 18.4. The minimum absolute atomic E-state index is 0.263. The quantitative estimate of drug-likeness (QED) is 0.780. The molecule has 0 aliphatic carbocycles. The van der Waals surface area contributed by atoms with Gasteiger partial charge in [0.25, 0.3) is 11.7 Å². The van der Waals surface area contributed by atoms with Crippen LogP contribution in [0, 0.1) is 11.6 Å². The van der Waals surface area contributed by atoms with Gasteiger partial charge in [0.2, 0.25) is 0 Å². The van der Waals surface area contributed by atoms with Gasteiger partial charge in [-0.3, -0.25) is 9.59 Å². The van der Waals surface area contributed by atoms with Crippen LogP contribution >= 0.6 is 0 Å². The van der Waals surface area contributed by atoms with E-state index in [2.05, 4.69) is 0 Å². The van der Waals surface area contributed by atoms with Gasteiger partial charge in [0.05, 0.1) is 17.8 Å². The van der Waals surface area contributed by atoms with Crippen LogP contribution in [0.5, 0.6) is 0 Å². The molecule has 1 unspecified atom stereocenters. The summed E-state index contributed by atoms with van der Waals surface area (Å²) in [4.78, 5) is 34.8. The molecule has 2 N–H and O–H groups in total. The van der Waals surface area contributed by atoms with E-state index in [0.29, 0.717) is 17.0 Å². The van der Waals surface area contributed by atoms with Crippen molar-refractivity contribution >= 4 is 23.3 Å². The van der Waals surface area contributed by atoms with Crippen LogP contribution in [0.15, 0.2) is 12.1 Å². The minimum atomic E-state index is -2.33. The Labute approximate surface area is 111 Å². The lowest BCUT2D eigenvalue weighted by atomic mass is 10.1. The monoisotopic (exact) mass is 285 g/mol. The molecule has 1 amide bonds. The van der Waals surface area contributed by atoms with E-state index < -0.39 is 41.4 Å². The van der Waals surface area contributed by atoms with Crippen LogP contribution in [-0.4, -0.2) is 40.0 Å². The zero-order valence-electron chi connectivity index (χ0n) is 10.2. The van der Waals surface area contributed by atoms with Crippen molar-refractivity contribution < 1.29 is 33.4 Å². The number of carboxylic acids is 1. The van der Waals surface area contributed by atoms with Gasteiger partial charge in [-0.15, -0.1) is 0 Å². The molecular formula is C12H9F2NO5. The third-order valence-electron chi connectivity index (χ3n) is 2.94. The number of benzene rings is 1. The van der Waals surface area contributed by atoms with Gasteiger partial charge in [-0.05, 0) is 13.0 Å². The summed E-state index contributed by atoms with van der Waals surface area (Å²) in [6, 6.07) is 1.19. The van der Waals surface area contributed by atoms with Gasteiger partial charge in [-0.1, -0.05) is 0 Å². The van der Waals surface area contributed by atoms with E-state index in [9.17, 15) is 28.3 Å². The highest BCUT2D eigenvalue weighted by molar-refractivity contribution is 6.52. The van der Waals surface area contributed by atoms with Crippen molar-refractivity contribution in [1.82, 2.24) is 0 Å². The van der Waals surface area contributed by atoms with Crippen molar-refractivity contribution in [2.24, 2.45) is 0 Å². The van der Waals surface area contributed by atoms with Crippen molar-refractivity contribution in [2.75, 3.05) is 11.4 Å². The summed E-state index contributed by atoms with van der Waals surface area (Å²) in [7, 11) is 0. The first-order chi connectivity index (χ1) is 9.15. The molecule has 1 aliphatic heterocycles. The Balaban J connectivity index is 2.48. The van der Waals surface area contributed by atoms with Gasteiger partial charge in [-0.2, -0.15) is 0 Å². The first kappa shape index (κ1) is 14.1. The molecule has 1 heterocycles. The number of hydrogen-bond acceptors (Lipinski definition) is 4. The molecule has 0 saturated carbocycles. The first-order valence-electron chi connectivity index (χ1n) is 5.46. The molecule has 1 aromatic rings. The van der Waals surface area contributed by atoms with Crippen molar-refractivity contribution in [3.05, 3.63) is 29.3 Å². The number of carbonyl (C=O) groups excluding carboxylic acids is 2. The highest BCUT2D eigenvalue weighted by Gasteiger charge is 2.42. The summed E-state index contributed by atoms with van der Waals surface area (Å²) in [6.45, 7) is 0.163. The van der Waals surface area contributed by atoms with Crippen LogP contribution in [0.2, 0.25) is 0 Å². The Morgan fingerprint density at radius 2 is 1.85 bits per heavy atom. The second kappa shape index (κ2) is 4.34. The normalized spacial score (nSPS) is 17.1. The number of aliphatic hydroxyl groups is 1. The van der Waals surface area contributed by atoms with E-state index in [1.165, 1.54) is 0 Å². The number of hydrogen-bond donors (Lipinski definition) is 2. The van der Waals surface area contributed by atoms with Gasteiger partial charge < -0.3 is 15.1 Å². The van der Waals surface area contributed by atoms with Gasteiger partial charge in [0, 0.05) is 6.07 Å². The SMILES string of the molecule is CC(O)(CN1C(=O)C(=O)c2cc(F)c(F)cc21)C(=O)O. The van der Waals surface area contributed by atoms with E-state index >= 15 is 0 Å². The molecule has 0 spiro atoms. The van der Waals surface area contributed by atoms with E-state index in [0.717, 1.165) is 6.92 Å². The van der Waals surface area contributed by atoms with Crippen LogP contribution in [0.3, 0.4) is 0 Å². The molecule has 0 fully saturated rings. The molecule has 2 rings (SSSR count). The van der Waals surface area contributed by atoms with Gasteiger partial charge in [0.15, 0.2) is 17.2 Å². The first-order valence-corrected chi connectivity index (χ1v) is 5.46. The van der Waals surface area contributed by atoms with E-state index in [1.54, 1.807) is 0 Å². The van der Waals surface area contributed by atoms with Crippen molar-refractivity contribution in [3.63, 3.8) is 0 Å². The van der Waals surface area contributed by atoms with Crippen LogP contribution < -0.4 is 4.90 Å². The number of carboxylic acid groups (broad SMARTS) is 1. The number of β-amino-alcohol motifs (C(OH)–C–C–N with tert-alkyl or cyclic N) is 1. The Morgan fingerprint density at radius 1 is 1.30 bits per heavy atom. The van der Waals surface area contributed by atoms with Crippen LogP contribution in [0.4, 0.5) is 14.5 Å². The van der Waals surface area contributed by atoms with E-state index in [4.69, 9.17) is 5.11 Å². The number of anilines is 1. The Hall–Kier alpha value is -2.35. The summed E-state index contributed by atoms with van der Waals surface area (Å²) in [5.41, 5.74) is -2.96. The maximum Gasteiger partial charge on any atom is 0.337 e. The second-order valence-electron chi connectivity index (χ2n) is 4.58. The smallest absolute Gasteiger partial charge is 0.337 e. The Kier molecular flexibility index (Phi) is 3.05. The Bertz CT molecular complexity index is 641. The fraction of sp³-hybridized carbons (Fsp3) is 0.250. The number of halogens is 2. The van der Waals surface area contributed by atoms with Gasteiger partial charge >= 0.3 is 5.97 Å². The molecule has 6 nitrogen and oxygen atoms in total. The summed E-state index contributed by atoms with van der Waals surface area (Å²) in [6.07, 6.45) is 0. The predicted octanol–water partition coefficient (Wildman–Crippen LogP) is 0.330. The van der Waals surface area contributed by atoms with Crippen molar-refractivity contribution in [1.29, 1.82) is 0 Å². The molecule has 20 heavy (non-hydrogen) atoms. The molecule has 106 valence electrons. The number of amides is 1. The van der Waals surface area contributed by atoms with Crippen LogP contribution in [-0.2, 0) is 9.59 Å². The topological polar surface area (TPSA) is 94.9 Å². The summed E-state index contributed by atoms with van der Waals surface area (Å²) >= 11 is 0. The number of rotatable bonds is 3. The van der Waals surface area contributed by atoms with Crippen molar-refractivity contribution in [3.8, 4) is 0 Å². The van der Waals surface area contributed by atoms with Crippen LogP contribution in [0.1, 0.15) is 17.3 Å². The average molecular weight is 285 g/mol. The third-order valence-corrected chi connectivity index (χ3v) is 2.94. The molecule has 8 heteroatoms. The maximum absolute atomic E-state index is 13.2. The largest absolute Gasteiger partial charge is 0.479 e. The predicted molar refractivity (Wildman–Crippen MR) is 61.3 cm³/mol. The molecule has 0 bridgehead atoms. The number of aliphatic carboxylic acids is 1.